The summed E-state index contributed by atoms with van der Waals surface area (Å²) in [6.07, 6.45) is 0.0700. The van der Waals surface area contributed by atoms with Crippen molar-refractivity contribution in [3.8, 4) is 0 Å². The minimum absolute atomic E-state index is 0.0700. The summed E-state index contributed by atoms with van der Waals surface area (Å²) in [7, 11) is -3.83. The van der Waals surface area contributed by atoms with E-state index >= 15 is 0 Å². The van der Waals surface area contributed by atoms with Crippen LogP contribution in [0.1, 0.15) is 24.8 Å². The molecule has 5 nitrogen and oxygen atoms in total. The van der Waals surface area contributed by atoms with Gasteiger partial charge in [0.2, 0.25) is 15.9 Å². The number of amides is 1. The molecule has 0 aliphatic rings. The van der Waals surface area contributed by atoms with Gasteiger partial charge in [-0.05, 0) is 35.7 Å². The third kappa shape index (κ3) is 4.61. The summed E-state index contributed by atoms with van der Waals surface area (Å²) < 4.78 is 36.3. The Morgan fingerprint density at radius 2 is 1.91 bits per heavy atom. The summed E-state index contributed by atoms with van der Waals surface area (Å²) in [5.74, 6) is -1.01. The molecule has 2 aromatic carbocycles. The average molecular weight is 336 g/mol. The molecule has 0 aliphatic heterocycles. The molecule has 0 aliphatic carbocycles. The molecule has 2 aromatic rings. The maximum absolute atomic E-state index is 13.7. The van der Waals surface area contributed by atoms with Gasteiger partial charge in [-0.2, -0.15) is 0 Å². The topological polar surface area (TPSA) is 89.3 Å². The highest BCUT2D eigenvalue weighted by atomic mass is 32.2. The van der Waals surface area contributed by atoms with Gasteiger partial charge in [-0.25, -0.2) is 17.9 Å². The molecule has 0 fully saturated rings. The van der Waals surface area contributed by atoms with Crippen molar-refractivity contribution in [1.29, 1.82) is 0 Å². The van der Waals surface area contributed by atoms with Crippen LogP contribution >= 0.6 is 0 Å². The van der Waals surface area contributed by atoms with Gasteiger partial charge in [-0.15, -0.1) is 0 Å². The number of anilines is 1. The Labute approximate surface area is 134 Å². The Morgan fingerprint density at radius 3 is 2.57 bits per heavy atom. The van der Waals surface area contributed by atoms with E-state index in [2.05, 4.69) is 5.32 Å². The van der Waals surface area contributed by atoms with Crippen molar-refractivity contribution in [3.05, 3.63) is 59.9 Å². The lowest BCUT2D eigenvalue weighted by Gasteiger charge is -2.13. The van der Waals surface area contributed by atoms with Crippen LogP contribution in [0.4, 0.5) is 10.1 Å². The predicted octanol–water partition coefficient (Wildman–Crippen LogP) is 2.61. The molecule has 23 heavy (non-hydrogen) atoms. The fourth-order valence-corrected chi connectivity index (χ4v) is 2.79. The first kappa shape index (κ1) is 17.1. The van der Waals surface area contributed by atoms with Crippen LogP contribution in [0.15, 0.2) is 53.4 Å². The number of primary sulfonamides is 1. The lowest BCUT2D eigenvalue weighted by Crippen LogP contribution is -2.16. The lowest BCUT2D eigenvalue weighted by atomic mass is 9.97. The van der Waals surface area contributed by atoms with Gasteiger partial charge in [0.05, 0.1) is 4.90 Å². The molecular weight excluding hydrogens is 319 g/mol. The molecule has 0 bridgehead atoms. The highest BCUT2D eigenvalue weighted by molar-refractivity contribution is 7.89. The van der Waals surface area contributed by atoms with Gasteiger partial charge < -0.3 is 5.32 Å². The summed E-state index contributed by atoms with van der Waals surface area (Å²) in [5.41, 5.74) is 0.781. The van der Waals surface area contributed by atoms with Crippen LogP contribution < -0.4 is 10.5 Å². The largest absolute Gasteiger partial charge is 0.326 e. The van der Waals surface area contributed by atoms with Crippen molar-refractivity contribution in [1.82, 2.24) is 0 Å². The first-order valence-corrected chi connectivity index (χ1v) is 8.49. The first-order valence-electron chi connectivity index (χ1n) is 6.94. The van der Waals surface area contributed by atoms with Crippen molar-refractivity contribution in [2.45, 2.75) is 24.2 Å². The van der Waals surface area contributed by atoms with Crippen LogP contribution in [0.5, 0.6) is 0 Å². The van der Waals surface area contributed by atoms with Gasteiger partial charge in [0.15, 0.2) is 0 Å². The Morgan fingerprint density at radius 1 is 1.22 bits per heavy atom. The maximum atomic E-state index is 13.7. The Balaban J connectivity index is 2.07. The molecule has 122 valence electrons. The lowest BCUT2D eigenvalue weighted by molar-refractivity contribution is -0.116. The van der Waals surface area contributed by atoms with Crippen LogP contribution in [-0.4, -0.2) is 14.3 Å². The van der Waals surface area contributed by atoms with E-state index in [-0.39, 0.29) is 29.0 Å². The highest BCUT2D eigenvalue weighted by Crippen LogP contribution is 2.23. The summed E-state index contributed by atoms with van der Waals surface area (Å²) in [4.78, 5) is 12.0. The van der Waals surface area contributed by atoms with Crippen LogP contribution in [0.25, 0.3) is 0 Å². The monoisotopic (exact) mass is 336 g/mol. The summed E-state index contributed by atoms with van der Waals surface area (Å²) in [5, 5.41) is 7.64. The van der Waals surface area contributed by atoms with E-state index < -0.39 is 10.0 Å². The summed E-state index contributed by atoms with van der Waals surface area (Å²) in [6, 6.07) is 11.9. The van der Waals surface area contributed by atoms with Crippen molar-refractivity contribution >= 4 is 21.6 Å². The van der Waals surface area contributed by atoms with E-state index in [0.29, 0.717) is 11.3 Å². The molecule has 0 heterocycles. The predicted molar refractivity (Wildman–Crippen MR) is 85.9 cm³/mol. The summed E-state index contributed by atoms with van der Waals surface area (Å²) >= 11 is 0. The number of hydrogen-bond acceptors (Lipinski definition) is 3. The molecule has 7 heteroatoms. The van der Waals surface area contributed by atoms with Gasteiger partial charge in [0.1, 0.15) is 5.82 Å². The minimum atomic E-state index is -3.83. The minimum Gasteiger partial charge on any atom is -0.326 e. The third-order valence-corrected chi connectivity index (χ3v) is 4.29. The normalized spacial score (nSPS) is 12.7. The van der Waals surface area contributed by atoms with Crippen molar-refractivity contribution in [2.75, 3.05) is 5.32 Å². The van der Waals surface area contributed by atoms with Crippen LogP contribution in [0.3, 0.4) is 0 Å². The molecule has 2 rings (SSSR count). The Kier molecular flexibility index (Phi) is 5.12. The van der Waals surface area contributed by atoms with Crippen molar-refractivity contribution < 1.29 is 17.6 Å². The van der Waals surface area contributed by atoms with Crippen molar-refractivity contribution in [3.63, 3.8) is 0 Å². The van der Waals surface area contributed by atoms with Crippen LogP contribution in [0.2, 0.25) is 0 Å². The standard InChI is InChI=1S/C16H17FN2O3S/c1-11(14-7-2-3-8-15(14)17)9-16(20)19-12-5-4-6-13(10-12)23(18,21)22/h2-8,10-11H,9H2,1H3,(H,19,20)(H2,18,21,22)/t11-/m0/s1. The number of nitrogens with two attached hydrogens (primary N) is 1. The fourth-order valence-electron chi connectivity index (χ4n) is 2.23. The Hall–Kier alpha value is -2.25. The zero-order chi connectivity index (χ0) is 17.0. The van der Waals surface area contributed by atoms with Gasteiger partial charge in [0.25, 0.3) is 0 Å². The van der Waals surface area contributed by atoms with Gasteiger partial charge in [-0.1, -0.05) is 31.2 Å². The van der Waals surface area contributed by atoms with E-state index in [1.54, 1.807) is 31.2 Å². The third-order valence-electron chi connectivity index (χ3n) is 3.37. The number of sulfonamides is 1. The first-order chi connectivity index (χ1) is 10.8. The number of halogens is 1. The number of hydrogen-bond donors (Lipinski definition) is 2. The molecule has 0 spiro atoms. The number of carbonyl (C=O) groups excluding carboxylic acids is 1. The molecule has 0 unspecified atom stereocenters. The van der Waals surface area contributed by atoms with Crippen molar-refractivity contribution in [2.24, 2.45) is 5.14 Å². The number of nitrogens with one attached hydrogen (secondary N) is 1. The molecule has 0 radical (unpaired) electrons. The number of benzene rings is 2. The van der Waals surface area contributed by atoms with E-state index in [4.69, 9.17) is 5.14 Å². The quantitative estimate of drug-likeness (QED) is 0.879. The smallest absolute Gasteiger partial charge is 0.238 e. The van der Waals surface area contributed by atoms with Gasteiger partial charge in [0, 0.05) is 12.1 Å². The molecule has 0 saturated heterocycles. The molecule has 0 saturated carbocycles. The second kappa shape index (κ2) is 6.89. The number of carbonyl (C=O) groups is 1. The zero-order valence-corrected chi connectivity index (χ0v) is 13.3. The van der Waals surface area contributed by atoms with Crippen LogP contribution in [0, 0.1) is 5.82 Å². The maximum Gasteiger partial charge on any atom is 0.238 e. The van der Waals surface area contributed by atoms with E-state index in [1.165, 1.54) is 24.3 Å². The molecule has 1 amide bonds. The average Bonchev–Trinajstić information content (AvgIpc) is 2.46. The zero-order valence-electron chi connectivity index (χ0n) is 12.5. The van der Waals surface area contributed by atoms with E-state index in [1.807, 2.05) is 0 Å². The fraction of sp³-hybridized carbons (Fsp3) is 0.188. The summed E-state index contributed by atoms with van der Waals surface area (Å²) in [6.45, 7) is 1.75. The molecular formula is C16H17FN2O3S. The van der Waals surface area contributed by atoms with Gasteiger partial charge in [-0.3, -0.25) is 4.79 Å². The molecule has 1 atom stereocenters. The van der Waals surface area contributed by atoms with Gasteiger partial charge >= 0.3 is 0 Å². The second-order valence-corrected chi connectivity index (χ2v) is 6.81. The highest BCUT2D eigenvalue weighted by Gasteiger charge is 2.15. The molecule has 0 aromatic heterocycles. The van der Waals surface area contributed by atoms with Crippen LogP contribution in [-0.2, 0) is 14.8 Å². The SMILES string of the molecule is C[C@@H](CC(=O)Nc1cccc(S(N)(=O)=O)c1)c1ccccc1F. The van der Waals surface area contributed by atoms with E-state index in [9.17, 15) is 17.6 Å². The van der Waals surface area contributed by atoms with E-state index in [0.717, 1.165) is 0 Å². The Bertz CT molecular complexity index is 822. The molecule has 3 N–H and O–H groups in total. The number of rotatable bonds is 5. The second-order valence-electron chi connectivity index (χ2n) is 5.25.